The summed E-state index contributed by atoms with van der Waals surface area (Å²) < 4.78 is 16.9. The summed E-state index contributed by atoms with van der Waals surface area (Å²) in [4.78, 5) is 27.8. The lowest BCUT2D eigenvalue weighted by molar-refractivity contribution is -0.125. The highest BCUT2D eigenvalue weighted by Crippen LogP contribution is 2.32. The lowest BCUT2D eigenvalue weighted by Crippen LogP contribution is -2.47. The monoisotopic (exact) mass is 452 g/mol. The van der Waals surface area contributed by atoms with Gasteiger partial charge in [-0.05, 0) is 44.5 Å². The second-order valence-corrected chi connectivity index (χ2v) is 8.13. The number of carbonyl (C=O) groups excluding carboxylic acids is 2. The van der Waals surface area contributed by atoms with E-state index in [0.717, 1.165) is 5.56 Å². The fourth-order valence-electron chi connectivity index (χ4n) is 3.74. The van der Waals surface area contributed by atoms with Gasteiger partial charge in [-0.3, -0.25) is 9.59 Å². The maximum atomic E-state index is 13.2. The molecule has 1 N–H and O–H groups in total. The molecule has 0 spiro atoms. The third-order valence-corrected chi connectivity index (χ3v) is 5.87. The number of hydrogen-bond acceptors (Lipinski definition) is 5. The van der Waals surface area contributed by atoms with Crippen LogP contribution in [0.5, 0.6) is 17.2 Å². The second kappa shape index (κ2) is 10.9. The van der Waals surface area contributed by atoms with Gasteiger partial charge in [0.2, 0.25) is 5.91 Å². The van der Waals surface area contributed by atoms with E-state index in [2.05, 4.69) is 5.32 Å². The summed E-state index contributed by atoms with van der Waals surface area (Å²) in [7, 11) is 4.81. The fourth-order valence-corrected chi connectivity index (χ4v) is 3.74. The Morgan fingerprint density at radius 1 is 1.00 bits per heavy atom. The van der Waals surface area contributed by atoms with Crippen molar-refractivity contribution in [2.24, 2.45) is 0 Å². The van der Waals surface area contributed by atoms with Crippen LogP contribution in [0.1, 0.15) is 48.7 Å². The lowest BCUT2D eigenvalue weighted by atomic mass is 10.0. The van der Waals surface area contributed by atoms with Crippen molar-refractivity contribution in [1.29, 1.82) is 0 Å². The Kier molecular flexibility index (Phi) is 7.98. The van der Waals surface area contributed by atoms with E-state index in [0.29, 0.717) is 35.7 Å². The average Bonchev–Trinajstić information content (AvgIpc) is 2.83. The summed E-state index contributed by atoms with van der Waals surface area (Å²) in [6, 6.07) is 11.6. The van der Waals surface area contributed by atoms with E-state index in [4.69, 9.17) is 14.2 Å². The molecule has 2 amide bonds. The molecule has 0 aliphatic carbocycles. The Morgan fingerprint density at radius 3 is 2.45 bits per heavy atom. The molecule has 3 atom stereocenters. The van der Waals surface area contributed by atoms with Gasteiger partial charge in [-0.15, -0.1) is 0 Å². The van der Waals surface area contributed by atoms with Gasteiger partial charge in [0.05, 0.1) is 31.9 Å². The Bertz CT molecular complexity index is 1020. The van der Waals surface area contributed by atoms with E-state index in [9.17, 15) is 9.59 Å². The van der Waals surface area contributed by atoms with E-state index in [1.54, 1.807) is 52.5 Å². The molecule has 0 fully saturated rings. The Hall–Kier alpha value is -3.48. The molecule has 1 heterocycles. The van der Waals surface area contributed by atoms with Crippen LogP contribution < -0.4 is 19.5 Å². The summed E-state index contributed by atoms with van der Waals surface area (Å²) in [5.41, 5.74) is 1.26. The van der Waals surface area contributed by atoms with Gasteiger partial charge in [-0.25, -0.2) is 0 Å². The molecular formula is C26H32N2O5. The summed E-state index contributed by atoms with van der Waals surface area (Å²) in [5, 5.41) is 3.10. The van der Waals surface area contributed by atoms with Crippen molar-refractivity contribution in [3.05, 3.63) is 65.7 Å². The molecule has 0 saturated carbocycles. The molecule has 2 aromatic rings. The molecule has 7 heteroatoms. The predicted molar refractivity (Wildman–Crippen MR) is 127 cm³/mol. The topological polar surface area (TPSA) is 77.1 Å². The zero-order valence-corrected chi connectivity index (χ0v) is 19.8. The molecule has 0 bridgehead atoms. The van der Waals surface area contributed by atoms with Crippen LogP contribution in [-0.4, -0.2) is 50.1 Å². The number of para-hydroxylation sites is 1. The third kappa shape index (κ3) is 5.66. The largest absolute Gasteiger partial charge is 0.497 e. The number of rotatable bonds is 3. The van der Waals surface area contributed by atoms with Crippen LogP contribution in [0.15, 0.2) is 54.6 Å². The Balaban J connectivity index is 1.96. The van der Waals surface area contributed by atoms with E-state index >= 15 is 0 Å². The van der Waals surface area contributed by atoms with Crippen LogP contribution in [-0.2, 0) is 4.79 Å². The molecule has 0 unspecified atom stereocenters. The minimum absolute atomic E-state index is 0.121. The van der Waals surface area contributed by atoms with E-state index in [-0.39, 0.29) is 24.0 Å². The highest BCUT2D eigenvalue weighted by molar-refractivity contribution is 5.99. The first-order valence-electron chi connectivity index (χ1n) is 11.1. The van der Waals surface area contributed by atoms with Crippen molar-refractivity contribution in [2.75, 3.05) is 21.3 Å². The number of nitrogens with zero attached hydrogens (tertiary/aromatic N) is 1. The SMILES string of the molecule is COc1ccc([C@H]2C/C=C\C[C@H](C)Oc3ccccc3C(=O)N(C)[C@@H](C)C(=O)N2)c(OC)c1. The smallest absolute Gasteiger partial charge is 0.258 e. The van der Waals surface area contributed by atoms with Crippen molar-refractivity contribution < 1.29 is 23.8 Å². The molecule has 0 saturated heterocycles. The molecule has 7 nitrogen and oxygen atoms in total. The van der Waals surface area contributed by atoms with Gasteiger partial charge in [0, 0.05) is 25.1 Å². The lowest BCUT2D eigenvalue weighted by Gasteiger charge is -2.28. The van der Waals surface area contributed by atoms with Crippen molar-refractivity contribution in [3.8, 4) is 17.2 Å². The molecule has 3 rings (SSSR count). The second-order valence-electron chi connectivity index (χ2n) is 8.13. The standard InChI is InChI=1S/C26H32N2O5/c1-17-10-6-8-12-22(20-15-14-19(31-4)16-24(20)32-5)27-25(29)18(2)28(3)26(30)21-11-7-9-13-23(21)33-17/h6-9,11,13-18,22H,10,12H2,1-5H3,(H,27,29)/b8-6-/t17-,18-,22+/m0/s1. The Labute approximate surface area is 195 Å². The quantitative estimate of drug-likeness (QED) is 0.709. The van der Waals surface area contributed by atoms with Gasteiger partial charge in [0.25, 0.3) is 5.91 Å². The zero-order chi connectivity index (χ0) is 24.0. The van der Waals surface area contributed by atoms with Gasteiger partial charge in [0.1, 0.15) is 23.3 Å². The van der Waals surface area contributed by atoms with Crippen LogP contribution in [0.3, 0.4) is 0 Å². The molecule has 2 aromatic carbocycles. The van der Waals surface area contributed by atoms with Gasteiger partial charge in [-0.1, -0.05) is 24.3 Å². The van der Waals surface area contributed by atoms with E-state index in [1.807, 2.05) is 37.3 Å². The summed E-state index contributed by atoms with van der Waals surface area (Å²) in [5.74, 6) is 1.27. The third-order valence-electron chi connectivity index (χ3n) is 5.87. The molecule has 0 aromatic heterocycles. The predicted octanol–water partition coefficient (Wildman–Crippen LogP) is 4.14. The Morgan fingerprint density at radius 2 is 1.73 bits per heavy atom. The number of hydrogen-bond donors (Lipinski definition) is 1. The number of carbonyl (C=O) groups is 2. The van der Waals surface area contributed by atoms with Crippen LogP contribution in [0.4, 0.5) is 0 Å². The molecule has 1 aliphatic heterocycles. The highest BCUT2D eigenvalue weighted by atomic mass is 16.5. The average molecular weight is 453 g/mol. The molecule has 1 aliphatic rings. The van der Waals surface area contributed by atoms with Crippen molar-refractivity contribution in [3.63, 3.8) is 0 Å². The first-order chi connectivity index (χ1) is 15.8. The number of ether oxygens (including phenoxy) is 3. The minimum atomic E-state index is -0.693. The summed E-state index contributed by atoms with van der Waals surface area (Å²) >= 11 is 0. The van der Waals surface area contributed by atoms with Crippen molar-refractivity contribution in [2.45, 2.75) is 44.9 Å². The normalized spacial score (nSPS) is 22.9. The molecule has 0 radical (unpaired) electrons. The summed E-state index contributed by atoms with van der Waals surface area (Å²) in [6.45, 7) is 3.68. The van der Waals surface area contributed by atoms with Crippen LogP contribution >= 0.6 is 0 Å². The van der Waals surface area contributed by atoms with Crippen LogP contribution in [0.25, 0.3) is 0 Å². The minimum Gasteiger partial charge on any atom is -0.497 e. The van der Waals surface area contributed by atoms with Gasteiger partial charge in [0.15, 0.2) is 0 Å². The molecular weight excluding hydrogens is 420 g/mol. The van der Waals surface area contributed by atoms with Crippen molar-refractivity contribution in [1.82, 2.24) is 10.2 Å². The zero-order valence-electron chi connectivity index (χ0n) is 19.8. The molecule has 176 valence electrons. The maximum Gasteiger partial charge on any atom is 0.258 e. The molecule has 33 heavy (non-hydrogen) atoms. The fraction of sp³-hybridized carbons (Fsp3) is 0.385. The number of benzene rings is 2. The highest BCUT2D eigenvalue weighted by Gasteiger charge is 2.28. The van der Waals surface area contributed by atoms with Crippen molar-refractivity contribution >= 4 is 11.8 Å². The van der Waals surface area contributed by atoms with E-state index in [1.165, 1.54) is 4.90 Å². The first kappa shape index (κ1) is 24.2. The van der Waals surface area contributed by atoms with Gasteiger partial charge < -0.3 is 24.4 Å². The number of likely N-dealkylation sites (N-methyl/N-ethyl adjacent to an activating group) is 1. The number of fused-ring (bicyclic) bond motifs is 1. The van der Waals surface area contributed by atoms with E-state index < -0.39 is 6.04 Å². The number of nitrogens with one attached hydrogen (secondary N) is 1. The van der Waals surface area contributed by atoms with Crippen LogP contribution in [0.2, 0.25) is 0 Å². The van der Waals surface area contributed by atoms with Crippen LogP contribution in [0, 0.1) is 0 Å². The van der Waals surface area contributed by atoms with Gasteiger partial charge >= 0.3 is 0 Å². The number of methoxy groups -OCH3 is 2. The first-order valence-corrected chi connectivity index (χ1v) is 11.1. The van der Waals surface area contributed by atoms with Gasteiger partial charge in [-0.2, -0.15) is 0 Å². The number of amides is 2. The maximum absolute atomic E-state index is 13.2. The summed E-state index contributed by atoms with van der Waals surface area (Å²) in [6.07, 6.45) is 5.17.